The van der Waals surface area contributed by atoms with E-state index in [1.54, 1.807) is 36.4 Å². The molecule has 2 aromatic rings. The molecule has 0 aliphatic carbocycles. The Hall–Kier alpha value is -1.80. The predicted molar refractivity (Wildman–Crippen MR) is 116 cm³/mol. The molecule has 0 fully saturated rings. The van der Waals surface area contributed by atoms with Crippen LogP contribution in [0.15, 0.2) is 60.0 Å². The second kappa shape index (κ2) is 11.3. The molecular weight excluding hydrogens is 418 g/mol. The Balaban J connectivity index is 2.01. The zero-order chi connectivity index (χ0) is 20.4. The maximum absolute atomic E-state index is 12.4. The quantitative estimate of drug-likeness (QED) is 0.564. The summed E-state index contributed by atoms with van der Waals surface area (Å²) in [6.07, 6.45) is 3.70. The van der Waals surface area contributed by atoms with E-state index in [0.717, 1.165) is 16.5 Å². The number of hydrogen-bond donors (Lipinski definition) is 1. The molecule has 8 heteroatoms. The van der Waals surface area contributed by atoms with Gasteiger partial charge in [-0.2, -0.15) is 16.5 Å². The summed E-state index contributed by atoms with van der Waals surface area (Å²) in [7, 11) is -3.80. The summed E-state index contributed by atoms with van der Waals surface area (Å²) in [5.41, 5.74) is 1.52. The molecule has 0 saturated carbocycles. The van der Waals surface area contributed by atoms with Crippen molar-refractivity contribution in [2.75, 3.05) is 12.0 Å². The Morgan fingerprint density at radius 3 is 2.50 bits per heavy atom. The predicted octanol–water partition coefficient (Wildman–Crippen LogP) is 4.10. The molecule has 0 aliphatic rings. The third kappa shape index (κ3) is 8.06. The normalized spacial score (nSPS) is 12.8. The molecule has 150 valence electrons. The van der Waals surface area contributed by atoms with Gasteiger partial charge in [-0.3, -0.25) is 4.79 Å². The highest BCUT2D eigenvalue weighted by molar-refractivity contribution is 7.98. The van der Waals surface area contributed by atoms with Crippen LogP contribution in [-0.4, -0.2) is 32.4 Å². The molecule has 0 amide bonds. The van der Waals surface area contributed by atoms with E-state index in [4.69, 9.17) is 16.3 Å². The maximum atomic E-state index is 12.4. The Kier molecular flexibility index (Phi) is 9.05. The number of benzene rings is 2. The Morgan fingerprint density at radius 1 is 1.18 bits per heavy atom. The monoisotopic (exact) mass is 439 g/mol. The number of rotatable bonds is 10. The summed E-state index contributed by atoms with van der Waals surface area (Å²) in [5.74, 6) is 0.00622. The summed E-state index contributed by atoms with van der Waals surface area (Å²) in [4.78, 5) is 12.4. The number of carbonyl (C=O) groups excluding carboxylic acids is 1. The van der Waals surface area contributed by atoms with Gasteiger partial charge < -0.3 is 4.74 Å². The number of carbonyl (C=O) groups is 1. The van der Waals surface area contributed by atoms with E-state index in [0.29, 0.717) is 17.2 Å². The van der Waals surface area contributed by atoms with Crippen LogP contribution < -0.4 is 4.72 Å². The standard InChI is InChI=1S/C20H22ClNO4S2/c1-27-13-11-19(20(23)26-15-17-7-9-18(21)10-8-17)22-28(24,25)14-12-16-5-3-2-4-6-16/h2-10,12,14,19,22H,11,13,15H2,1H3/b14-12+. The molecule has 0 radical (unpaired) electrons. The van der Waals surface area contributed by atoms with Gasteiger partial charge in [0.2, 0.25) is 10.0 Å². The lowest BCUT2D eigenvalue weighted by Crippen LogP contribution is -2.41. The van der Waals surface area contributed by atoms with Crippen LogP contribution in [0.4, 0.5) is 0 Å². The summed E-state index contributed by atoms with van der Waals surface area (Å²) < 4.78 is 32.4. The lowest BCUT2D eigenvalue weighted by Gasteiger charge is -2.16. The first-order chi connectivity index (χ1) is 13.4. The third-order valence-electron chi connectivity index (χ3n) is 3.74. The van der Waals surface area contributed by atoms with Crippen LogP contribution in [-0.2, 0) is 26.2 Å². The highest BCUT2D eigenvalue weighted by Gasteiger charge is 2.24. The van der Waals surface area contributed by atoms with E-state index in [1.165, 1.54) is 17.8 Å². The molecule has 1 N–H and O–H groups in total. The zero-order valence-corrected chi connectivity index (χ0v) is 17.8. The molecule has 1 unspecified atom stereocenters. The topological polar surface area (TPSA) is 72.5 Å². The van der Waals surface area contributed by atoms with Gasteiger partial charge >= 0.3 is 5.97 Å². The first-order valence-corrected chi connectivity index (χ1v) is 11.9. The molecule has 1 atom stereocenters. The Bertz CT molecular complexity index is 884. The zero-order valence-electron chi connectivity index (χ0n) is 15.4. The number of nitrogens with one attached hydrogen (secondary N) is 1. The smallest absolute Gasteiger partial charge is 0.324 e. The highest BCUT2D eigenvalue weighted by Crippen LogP contribution is 2.12. The number of hydrogen-bond acceptors (Lipinski definition) is 5. The number of halogens is 1. The minimum absolute atomic E-state index is 0.0490. The maximum Gasteiger partial charge on any atom is 0.324 e. The SMILES string of the molecule is CSCCC(NS(=O)(=O)/C=C/c1ccccc1)C(=O)OCc1ccc(Cl)cc1. The van der Waals surface area contributed by atoms with Crippen LogP contribution >= 0.6 is 23.4 Å². The van der Waals surface area contributed by atoms with Crippen molar-refractivity contribution < 1.29 is 17.9 Å². The fraction of sp³-hybridized carbons (Fsp3) is 0.250. The van der Waals surface area contributed by atoms with Gasteiger partial charge in [-0.1, -0.05) is 54.1 Å². The molecule has 0 spiro atoms. The molecule has 0 saturated heterocycles. The van der Waals surface area contributed by atoms with Crippen LogP contribution in [0.25, 0.3) is 6.08 Å². The molecule has 2 aromatic carbocycles. The van der Waals surface area contributed by atoms with Crippen molar-refractivity contribution in [2.24, 2.45) is 0 Å². The van der Waals surface area contributed by atoms with Crippen LogP contribution in [0.2, 0.25) is 5.02 Å². The second-order valence-corrected chi connectivity index (χ2v) is 8.96. The van der Waals surface area contributed by atoms with Crippen molar-refractivity contribution in [1.82, 2.24) is 4.72 Å². The van der Waals surface area contributed by atoms with Gasteiger partial charge in [0.1, 0.15) is 12.6 Å². The second-order valence-electron chi connectivity index (χ2n) is 5.94. The minimum Gasteiger partial charge on any atom is -0.460 e. The average molecular weight is 440 g/mol. The highest BCUT2D eigenvalue weighted by atomic mass is 35.5. The molecule has 0 aromatic heterocycles. The van der Waals surface area contributed by atoms with E-state index < -0.39 is 22.0 Å². The van der Waals surface area contributed by atoms with Crippen molar-refractivity contribution in [3.63, 3.8) is 0 Å². The Labute approximate surface area is 175 Å². The van der Waals surface area contributed by atoms with E-state index in [-0.39, 0.29) is 6.61 Å². The van der Waals surface area contributed by atoms with Gasteiger partial charge in [0.15, 0.2) is 0 Å². The minimum atomic E-state index is -3.80. The summed E-state index contributed by atoms with van der Waals surface area (Å²) >= 11 is 7.36. The number of thioether (sulfide) groups is 1. The first-order valence-electron chi connectivity index (χ1n) is 8.55. The van der Waals surface area contributed by atoms with Crippen LogP contribution in [0.5, 0.6) is 0 Å². The van der Waals surface area contributed by atoms with Crippen molar-refractivity contribution in [2.45, 2.75) is 19.1 Å². The van der Waals surface area contributed by atoms with Crippen molar-refractivity contribution in [1.29, 1.82) is 0 Å². The van der Waals surface area contributed by atoms with E-state index in [2.05, 4.69) is 4.72 Å². The molecular formula is C20H22ClNO4S2. The van der Waals surface area contributed by atoms with Crippen molar-refractivity contribution >= 4 is 45.4 Å². The Morgan fingerprint density at radius 2 is 1.86 bits per heavy atom. The lowest BCUT2D eigenvalue weighted by molar-refractivity contribution is -0.147. The van der Waals surface area contributed by atoms with Gasteiger partial charge in [0, 0.05) is 10.4 Å². The number of esters is 1. The van der Waals surface area contributed by atoms with Crippen molar-refractivity contribution in [3.8, 4) is 0 Å². The van der Waals surface area contributed by atoms with Crippen LogP contribution in [0.1, 0.15) is 17.5 Å². The average Bonchev–Trinajstić information content (AvgIpc) is 2.70. The summed E-state index contributed by atoms with van der Waals surface area (Å²) in [5, 5.41) is 1.65. The molecule has 0 heterocycles. The van der Waals surface area contributed by atoms with Gasteiger partial charge in [-0.15, -0.1) is 0 Å². The molecule has 0 aliphatic heterocycles. The fourth-order valence-electron chi connectivity index (χ4n) is 2.27. The summed E-state index contributed by atoms with van der Waals surface area (Å²) in [6.45, 7) is 0.0490. The van der Waals surface area contributed by atoms with E-state index in [1.807, 2.05) is 24.5 Å². The first kappa shape index (κ1) is 22.5. The summed E-state index contributed by atoms with van der Waals surface area (Å²) in [6, 6.07) is 15.0. The van der Waals surface area contributed by atoms with Gasteiger partial charge in [0.25, 0.3) is 0 Å². The molecule has 5 nitrogen and oxygen atoms in total. The fourth-order valence-corrected chi connectivity index (χ4v) is 3.89. The van der Waals surface area contributed by atoms with Gasteiger partial charge in [-0.25, -0.2) is 8.42 Å². The van der Waals surface area contributed by atoms with E-state index >= 15 is 0 Å². The van der Waals surface area contributed by atoms with Crippen LogP contribution in [0.3, 0.4) is 0 Å². The van der Waals surface area contributed by atoms with Crippen LogP contribution in [0, 0.1) is 0 Å². The van der Waals surface area contributed by atoms with E-state index in [9.17, 15) is 13.2 Å². The number of sulfonamides is 1. The third-order valence-corrected chi connectivity index (χ3v) is 5.74. The van der Waals surface area contributed by atoms with Gasteiger partial charge in [-0.05, 0) is 47.8 Å². The molecule has 0 bridgehead atoms. The molecule has 28 heavy (non-hydrogen) atoms. The largest absolute Gasteiger partial charge is 0.460 e. The van der Waals surface area contributed by atoms with Gasteiger partial charge in [0.05, 0.1) is 0 Å². The lowest BCUT2D eigenvalue weighted by atomic mass is 10.2. The molecule has 2 rings (SSSR count). The van der Waals surface area contributed by atoms with Crippen molar-refractivity contribution in [3.05, 3.63) is 76.2 Å². The number of ether oxygens (including phenoxy) is 1.